The summed E-state index contributed by atoms with van der Waals surface area (Å²) in [5.74, 6) is -0.364. The number of nitrogen functional groups attached to an aromatic ring is 1. The molecule has 3 N–H and O–H groups in total. The van der Waals surface area contributed by atoms with Crippen molar-refractivity contribution in [3.63, 3.8) is 0 Å². The summed E-state index contributed by atoms with van der Waals surface area (Å²) in [6.07, 6.45) is 2.11. The molecular formula is C17H22Cl3N3O3. The van der Waals surface area contributed by atoms with Crippen LogP contribution in [0, 0.1) is 11.8 Å². The number of hydrogen-bond acceptors (Lipinski definition) is 5. The monoisotopic (exact) mass is 421 g/mol. The van der Waals surface area contributed by atoms with Crippen molar-refractivity contribution in [3.05, 3.63) is 20.9 Å². The number of nitrogens with zero attached hydrogens (tertiary/aromatic N) is 1. The van der Waals surface area contributed by atoms with Crippen LogP contribution in [0.1, 0.15) is 50.5 Å². The third-order valence-corrected chi connectivity index (χ3v) is 6.09. The number of ether oxygens (including phenoxy) is 1. The molecule has 4 atom stereocenters. The predicted molar refractivity (Wildman–Crippen MR) is 103 cm³/mol. The maximum Gasteiger partial charge on any atom is 0.359 e. The van der Waals surface area contributed by atoms with Crippen molar-refractivity contribution in [2.75, 3.05) is 5.73 Å². The molecule has 2 rings (SSSR count). The van der Waals surface area contributed by atoms with Crippen LogP contribution in [-0.4, -0.2) is 29.0 Å². The fourth-order valence-electron chi connectivity index (χ4n) is 3.02. The van der Waals surface area contributed by atoms with Gasteiger partial charge in [0, 0.05) is 6.04 Å². The average molecular weight is 423 g/mol. The van der Waals surface area contributed by atoms with Crippen LogP contribution in [0.15, 0.2) is 0 Å². The Morgan fingerprint density at radius 3 is 2.54 bits per heavy atom. The number of nitrogens with two attached hydrogens (primary N) is 1. The van der Waals surface area contributed by atoms with E-state index in [2.05, 4.69) is 24.1 Å². The highest BCUT2D eigenvalue weighted by molar-refractivity contribution is 6.46. The van der Waals surface area contributed by atoms with Gasteiger partial charge in [-0.25, -0.2) is 9.78 Å². The van der Waals surface area contributed by atoms with Crippen LogP contribution >= 0.6 is 34.8 Å². The van der Waals surface area contributed by atoms with Crippen LogP contribution in [-0.2, 0) is 9.53 Å². The van der Waals surface area contributed by atoms with Crippen LogP contribution in [0.4, 0.5) is 5.69 Å². The van der Waals surface area contributed by atoms with Crippen molar-refractivity contribution in [2.24, 2.45) is 11.8 Å². The zero-order valence-corrected chi connectivity index (χ0v) is 17.1. The van der Waals surface area contributed by atoms with Gasteiger partial charge < -0.3 is 15.8 Å². The molecule has 1 aliphatic rings. The number of hydrogen-bond donors (Lipinski definition) is 2. The van der Waals surface area contributed by atoms with Crippen molar-refractivity contribution >= 4 is 52.4 Å². The Morgan fingerprint density at radius 2 is 1.88 bits per heavy atom. The third-order valence-electron chi connectivity index (χ3n) is 4.95. The summed E-state index contributed by atoms with van der Waals surface area (Å²) >= 11 is 17.6. The minimum Gasteiger partial charge on any atom is -0.448 e. The van der Waals surface area contributed by atoms with Gasteiger partial charge in [0.1, 0.15) is 5.02 Å². The van der Waals surface area contributed by atoms with Gasteiger partial charge in [0.05, 0.1) is 10.7 Å². The lowest BCUT2D eigenvalue weighted by Crippen LogP contribution is -2.47. The van der Waals surface area contributed by atoms with Crippen LogP contribution in [0.25, 0.3) is 0 Å². The van der Waals surface area contributed by atoms with E-state index in [1.165, 1.54) is 6.92 Å². The SMILES string of the molecule is CC(OC(=O)c1nc(Cl)c(Cl)c(N)c1Cl)C(=O)NC1CCCC(C)C1C. The zero-order chi connectivity index (χ0) is 19.6. The normalized spacial score (nSPS) is 24.0. The Balaban J connectivity index is 2.04. The van der Waals surface area contributed by atoms with E-state index in [9.17, 15) is 9.59 Å². The number of carbonyl (C=O) groups excluding carboxylic acids is 2. The summed E-state index contributed by atoms with van der Waals surface area (Å²) < 4.78 is 5.18. The highest BCUT2D eigenvalue weighted by Gasteiger charge is 2.31. The number of amides is 1. The molecule has 0 bridgehead atoms. The molecule has 0 saturated heterocycles. The molecule has 0 radical (unpaired) electrons. The van der Waals surface area contributed by atoms with E-state index >= 15 is 0 Å². The Bertz CT molecular complexity index is 714. The molecule has 26 heavy (non-hydrogen) atoms. The largest absolute Gasteiger partial charge is 0.448 e. The lowest BCUT2D eigenvalue weighted by atomic mass is 9.78. The first-order chi connectivity index (χ1) is 12.1. The molecular weight excluding hydrogens is 401 g/mol. The molecule has 0 aromatic carbocycles. The Hall–Kier alpha value is -1.24. The number of aromatic nitrogens is 1. The van der Waals surface area contributed by atoms with Crippen molar-refractivity contribution in [2.45, 2.75) is 52.2 Å². The number of carbonyl (C=O) groups is 2. The molecule has 1 aromatic rings. The standard InChI is InChI=1S/C17H22Cl3N3O3/c1-7-5-4-6-10(8(7)2)22-16(24)9(3)26-17(25)14-11(18)13(21)12(19)15(20)23-14/h7-10H,4-6H2,1-3H3,(H2,21,23)(H,22,24). The quantitative estimate of drug-likeness (QED) is 0.562. The minimum absolute atomic E-state index is 0.0422. The number of esters is 1. The first-order valence-electron chi connectivity index (χ1n) is 8.44. The third kappa shape index (κ3) is 4.53. The Kier molecular flexibility index (Phi) is 6.99. The van der Waals surface area contributed by atoms with Crippen LogP contribution in [0.5, 0.6) is 0 Å². The van der Waals surface area contributed by atoms with Gasteiger partial charge in [0.2, 0.25) is 0 Å². The number of rotatable bonds is 4. The summed E-state index contributed by atoms with van der Waals surface area (Å²) in [6.45, 7) is 5.78. The van der Waals surface area contributed by atoms with E-state index < -0.39 is 12.1 Å². The zero-order valence-electron chi connectivity index (χ0n) is 14.8. The highest BCUT2D eigenvalue weighted by Crippen LogP contribution is 2.34. The number of halogens is 3. The fourth-order valence-corrected chi connectivity index (χ4v) is 3.61. The molecule has 1 fully saturated rings. The fraction of sp³-hybridized carbons (Fsp3) is 0.588. The molecule has 1 amide bonds. The number of pyridine rings is 1. The van der Waals surface area contributed by atoms with E-state index in [0.29, 0.717) is 11.8 Å². The summed E-state index contributed by atoms with van der Waals surface area (Å²) in [4.78, 5) is 28.5. The second-order valence-electron chi connectivity index (χ2n) is 6.72. The van der Waals surface area contributed by atoms with Gasteiger partial charge in [0.15, 0.2) is 17.0 Å². The first-order valence-corrected chi connectivity index (χ1v) is 9.58. The van der Waals surface area contributed by atoms with Gasteiger partial charge in [-0.2, -0.15) is 0 Å². The van der Waals surface area contributed by atoms with Crippen LogP contribution in [0.2, 0.25) is 15.2 Å². The van der Waals surface area contributed by atoms with Crippen molar-refractivity contribution in [1.29, 1.82) is 0 Å². The van der Waals surface area contributed by atoms with Crippen molar-refractivity contribution < 1.29 is 14.3 Å². The van der Waals surface area contributed by atoms with E-state index in [4.69, 9.17) is 45.3 Å². The first kappa shape index (κ1) is 21.1. The molecule has 144 valence electrons. The van der Waals surface area contributed by atoms with E-state index in [0.717, 1.165) is 19.3 Å². The molecule has 1 heterocycles. The minimum atomic E-state index is -1.01. The summed E-state index contributed by atoms with van der Waals surface area (Å²) in [7, 11) is 0. The predicted octanol–water partition coefficient (Wildman–Crippen LogP) is 4.11. The van der Waals surface area contributed by atoms with Gasteiger partial charge in [-0.3, -0.25) is 4.79 Å². The summed E-state index contributed by atoms with van der Waals surface area (Å²) in [5.41, 5.74) is 5.34. The molecule has 9 heteroatoms. The highest BCUT2D eigenvalue weighted by atomic mass is 35.5. The Morgan fingerprint density at radius 1 is 1.23 bits per heavy atom. The van der Waals surface area contributed by atoms with Gasteiger partial charge in [-0.15, -0.1) is 0 Å². The lowest BCUT2D eigenvalue weighted by Gasteiger charge is -2.35. The van der Waals surface area contributed by atoms with Crippen molar-refractivity contribution in [3.8, 4) is 0 Å². The molecule has 0 spiro atoms. The second kappa shape index (κ2) is 8.63. The van der Waals surface area contributed by atoms with Gasteiger partial charge >= 0.3 is 5.97 Å². The molecule has 4 unspecified atom stereocenters. The van der Waals surface area contributed by atoms with Gasteiger partial charge in [-0.1, -0.05) is 61.5 Å². The van der Waals surface area contributed by atoms with Gasteiger partial charge in [0.25, 0.3) is 5.91 Å². The maximum absolute atomic E-state index is 12.4. The summed E-state index contributed by atoms with van der Waals surface area (Å²) in [5, 5.41) is 2.59. The average Bonchev–Trinajstić information content (AvgIpc) is 2.59. The lowest BCUT2D eigenvalue weighted by molar-refractivity contribution is -0.130. The molecule has 6 nitrogen and oxygen atoms in total. The molecule has 1 saturated carbocycles. The van der Waals surface area contributed by atoms with Gasteiger partial charge in [-0.05, 0) is 25.2 Å². The molecule has 0 aliphatic heterocycles. The topological polar surface area (TPSA) is 94.3 Å². The van der Waals surface area contributed by atoms with E-state index in [-0.39, 0.29) is 38.5 Å². The second-order valence-corrected chi connectivity index (χ2v) is 7.84. The van der Waals surface area contributed by atoms with Crippen molar-refractivity contribution in [1.82, 2.24) is 10.3 Å². The van der Waals surface area contributed by atoms with Crippen LogP contribution < -0.4 is 11.1 Å². The van der Waals surface area contributed by atoms with E-state index in [1.54, 1.807) is 0 Å². The molecule has 1 aromatic heterocycles. The van der Waals surface area contributed by atoms with E-state index in [1.807, 2.05) is 0 Å². The molecule has 1 aliphatic carbocycles. The van der Waals surface area contributed by atoms with Crippen LogP contribution in [0.3, 0.4) is 0 Å². The number of anilines is 1. The smallest absolute Gasteiger partial charge is 0.359 e. The maximum atomic E-state index is 12.4. The Labute approximate surface area is 167 Å². The summed E-state index contributed by atoms with van der Waals surface area (Å²) in [6, 6.07) is 0.0646. The number of nitrogens with one attached hydrogen (secondary N) is 1.